The molecule has 1 aromatic heterocycles. The van der Waals surface area contributed by atoms with Crippen molar-refractivity contribution in [2.75, 3.05) is 36.5 Å². The van der Waals surface area contributed by atoms with Gasteiger partial charge in [0.05, 0.1) is 18.5 Å². The van der Waals surface area contributed by atoms with Crippen LogP contribution < -0.4 is 15.0 Å². The lowest BCUT2D eigenvalue weighted by Crippen LogP contribution is -2.53. The van der Waals surface area contributed by atoms with Crippen LogP contribution in [-0.4, -0.2) is 48.1 Å². The first-order valence-electron chi connectivity index (χ1n) is 8.16. The molecule has 0 unspecified atom stereocenters. The lowest BCUT2D eigenvalue weighted by atomic mass is 10.2. The third kappa shape index (κ3) is 4.06. The van der Waals surface area contributed by atoms with Gasteiger partial charge in [-0.3, -0.25) is 9.78 Å². The Balaban J connectivity index is 1.58. The molecule has 3 amide bonds. The summed E-state index contributed by atoms with van der Waals surface area (Å²) >= 11 is 0. The van der Waals surface area contributed by atoms with Crippen LogP contribution in [0.5, 0.6) is 5.75 Å². The molecular formula is C18H20N4O3. The maximum Gasteiger partial charge on any atom is 0.322 e. The molecule has 1 fully saturated rings. The Morgan fingerprint density at radius 2 is 2.04 bits per heavy atom. The topological polar surface area (TPSA) is 74.8 Å². The molecule has 0 bridgehead atoms. The first-order chi connectivity index (χ1) is 12.2. The summed E-state index contributed by atoms with van der Waals surface area (Å²) in [6.07, 6.45) is 3.31. The van der Waals surface area contributed by atoms with Gasteiger partial charge in [-0.15, -0.1) is 0 Å². The van der Waals surface area contributed by atoms with Gasteiger partial charge in [-0.1, -0.05) is 0 Å². The van der Waals surface area contributed by atoms with E-state index in [0.29, 0.717) is 25.4 Å². The molecule has 1 aliphatic rings. The summed E-state index contributed by atoms with van der Waals surface area (Å²) in [6, 6.07) is 10.5. The molecule has 0 aliphatic carbocycles. The third-order valence-corrected chi connectivity index (χ3v) is 3.88. The van der Waals surface area contributed by atoms with E-state index in [9.17, 15) is 9.59 Å². The average molecular weight is 340 g/mol. The predicted molar refractivity (Wildman–Crippen MR) is 94.8 cm³/mol. The lowest BCUT2D eigenvalue weighted by molar-refractivity contribution is -0.120. The number of piperazine rings is 1. The Kier molecular flexibility index (Phi) is 5.13. The fourth-order valence-electron chi connectivity index (χ4n) is 2.64. The number of anilines is 2. The maximum atomic E-state index is 12.4. The van der Waals surface area contributed by atoms with Gasteiger partial charge in [-0.25, -0.2) is 4.79 Å². The van der Waals surface area contributed by atoms with Gasteiger partial charge in [-0.2, -0.15) is 0 Å². The SMILES string of the molecule is CCOc1ccc(NC(=O)N2CCN(c3cccnc3)C(=O)C2)cc1. The number of rotatable bonds is 4. The Labute approximate surface area is 146 Å². The molecule has 2 aromatic rings. The summed E-state index contributed by atoms with van der Waals surface area (Å²) in [4.78, 5) is 31.9. The number of nitrogens with one attached hydrogen (secondary N) is 1. The van der Waals surface area contributed by atoms with Crippen molar-refractivity contribution in [3.05, 3.63) is 48.8 Å². The molecule has 25 heavy (non-hydrogen) atoms. The number of hydrogen-bond acceptors (Lipinski definition) is 4. The minimum Gasteiger partial charge on any atom is -0.494 e. The van der Waals surface area contributed by atoms with Gasteiger partial charge >= 0.3 is 6.03 Å². The monoisotopic (exact) mass is 340 g/mol. The zero-order valence-corrected chi connectivity index (χ0v) is 14.0. The van der Waals surface area contributed by atoms with Crippen LogP contribution in [0.4, 0.5) is 16.2 Å². The first-order valence-corrected chi connectivity index (χ1v) is 8.16. The lowest BCUT2D eigenvalue weighted by Gasteiger charge is -2.34. The van der Waals surface area contributed by atoms with Gasteiger partial charge < -0.3 is 19.9 Å². The van der Waals surface area contributed by atoms with Gasteiger partial charge in [0.25, 0.3) is 0 Å². The second-order valence-corrected chi connectivity index (χ2v) is 5.57. The number of amides is 3. The predicted octanol–water partition coefficient (Wildman–Crippen LogP) is 2.36. The van der Waals surface area contributed by atoms with Crippen molar-refractivity contribution in [1.82, 2.24) is 9.88 Å². The normalized spacial score (nSPS) is 14.4. The number of pyridine rings is 1. The van der Waals surface area contributed by atoms with Gasteiger partial charge in [0.1, 0.15) is 12.3 Å². The van der Waals surface area contributed by atoms with Crippen LogP contribution in [0.2, 0.25) is 0 Å². The Morgan fingerprint density at radius 1 is 1.24 bits per heavy atom. The highest BCUT2D eigenvalue weighted by Crippen LogP contribution is 2.18. The fraction of sp³-hybridized carbons (Fsp3) is 0.278. The second-order valence-electron chi connectivity index (χ2n) is 5.57. The van der Waals surface area contributed by atoms with Crippen LogP contribution in [0.1, 0.15) is 6.92 Å². The van der Waals surface area contributed by atoms with Crippen molar-refractivity contribution in [1.29, 1.82) is 0 Å². The first kappa shape index (κ1) is 16.8. The van der Waals surface area contributed by atoms with E-state index >= 15 is 0 Å². The average Bonchev–Trinajstić information content (AvgIpc) is 2.64. The number of carbonyl (C=O) groups is 2. The van der Waals surface area contributed by atoms with Crippen molar-refractivity contribution in [2.24, 2.45) is 0 Å². The molecule has 0 atom stereocenters. The summed E-state index contributed by atoms with van der Waals surface area (Å²) in [6.45, 7) is 3.45. The van der Waals surface area contributed by atoms with Crippen molar-refractivity contribution < 1.29 is 14.3 Å². The van der Waals surface area contributed by atoms with E-state index in [2.05, 4.69) is 10.3 Å². The number of urea groups is 1. The van der Waals surface area contributed by atoms with E-state index < -0.39 is 0 Å². The highest BCUT2D eigenvalue weighted by Gasteiger charge is 2.28. The molecule has 130 valence electrons. The minimum atomic E-state index is -0.289. The van der Waals surface area contributed by atoms with Crippen molar-refractivity contribution in [3.8, 4) is 5.75 Å². The molecule has 1 N–H and O–H groups in total. The molecule has 2 heterocycles. The minimum absolute atomic E-state index is 0.0394. The Morgan fingerprint density at radius 3 is 2.68 bits per heavy atom. The van der Waals surface area contributed by atoms with E-state index in [1.54, 1.807) is 47.6 Å². The van der Waals surface area contributed by atoms with E-state index in [0.717, 1.165) is 11.4 Å². The Hall–Kier alpha value is -3.09. The molecule has 7 nitrogen and oxygen atoms in total. The van der Waals surface area contributed by atoms with Gasteiger partial charge in [-0.05, 0) is 43.3 Å². The van der Waals surface area contributed by atoms with E-state index in [1.165, 1.54) is 4.90 Å². The van der Waals surface area contributed by atoms with Crippen molar-refractivity contribution in [3.63, 3.8) is 0 Å². The number of hydrogen-bond donors (Lipinski definition) is 1. The van der Waals surface area contributed by atoms with Crippen LogP contribution in [0.3, 0.4) is 0 Å². The summed E-state index contributed by atoms with van der Waals surface area (Å²) in [5.41, 5.74) is 1.41. The molecule has 1 aliphatic heterocycles. The maximum absolute atomic E-state index is 12.4. The summed E-state index contributed by atoms with van der Waals surface area (Å²) in [7, 11) is 0. The second kappa shape index (κ2) is 7.65. The summed E-state index contributed by atoms with van der Waals surface area (Å²) in [5, 5.41) is 2.80. The molecule has 3 rings (SSSR count). The van der Waals surface area contributed by atoms with E-state index in [1.807, 2.05) is 13.0 Å². The van der Waals surface area contributed by atoms with Crippen LogP contribution >= 0.6 is 0 Å². The molecule has 0 spiro atoms. The van der Waals surface area contributed by atoms with Crippen LogP contribution in [0.25, 0.3) is 0 Å². The van der Waals surface area contributed by atoms with Gasteiger partial charge in [0.15, 0.2) is 0 Å². The number of ether oxygens (including phenoxy) is 1. The van der Waals surface area contributed by atoms with Crippen molar-refractivity contribution >= 4 is 23.3 Å². The molecule has 0 saturated carbocycles. The number of benzene rings is 1. The molecule has 7 heteroatoms. The molecule has 1 saturated heterocycles. The highest BCUT2D eigenvalue weighted by molar-refractivity contribution is 5.99. The molecular weight excluding hydrogens is 320 g/mol. The zero-order valence-electron chi connectivity index (χ0n) is 14.0. The molecule has 1 aromatic carbocycles. The summed E-state index contributed by atoms with van der Waals surface area (Å²) in [5.74, 6) is 0.627. The summed E-state index contributed by atoms with van der Waals surface area (Å²) < 4.78 is 5.37. The number of carbonyl (C=O) groups excluding carboxylic acids is 2. The highest BCUT2D eigenvalue weighted by atomic mass is 16.5. The van der Waals surface area contributed by atoms with E-state index in [-0.39, 0.29) is 18.5 Å². The smallest absolute Gasteiger partial charge is 0.322 e. The van der Waals surface area contributed by atoms with Gasteiger partial charge in [0, 0.05) is 25.0 Å². The fourth-order valence-corrected chi connectivity index (χ4v) is 2.64. The third-order valence-electron chi connectivity index (χ3n) is 3.88. The number of nitrogens with zero attached hydrogens (tertiary/aromatic N) is 3. The van der Waals surface area contributed by atoms with E-state index in [4.69, 9.17) is 4.74 Å². The zero-order chi connectivity index (χ0) is 17.6. The Bertz CT molecular complexity index is 734. The van der Waals surface area contributed by atoms with Gasteiger partial charge in [0.2, 0.25) is 5.91 Å². The standard InChI is InChI=1S/C18H20N4O3/c1-2-25-16-7-5-14(6-8-16)20-18(24)21-10-11-22(17(23)13-21)15-4-3-9-19-12-15/h3-9,12H,2,10-11,13H2,1H3,(H,20,24). The quantitative estimate of drug-likeness (QED) is 0.927. The van der Waals surface area contributed by atoms with Crippen molar-refractivity contribution in [2.45, 2.75) is 6.92 Å². The van der Waals surface area contributed by atoms with Crippen LogP contribution in [-0.2, 0) is 4.79 Å². The molecule has 0 radical (unpaired) electrons. The van der Waals surface area contributed by atoms with Crippen LogP contribution in [0.15, 0.2) is 48.8 Å². The number of aromatic nitrogens is 1. The van der Waals surface area contributed by atoms with Crippen LogP contribution in [0, 0.1) is 0 Å². The largest absolute Gasteiger partial charge is 0.494 e.